The van der Waals surface area contributed by atoms with Crippen molar-refractivity contribution in [2.45, 2.75) is 71.5 Å². The Morgan fingerprint density at radius 3 is 2.52 bits per heavy atom. The predicted molar refractivity (Wildman–Crippen MR) is 93.7 cm³/mol. The normalized spacial score (nSPS) is 52.0. The summed E-state index contributed by atoms with van der Waals surface area (Å²) >= 11 is 0. The number of allylic oxidation sites excluding steroid dienone is 1. The molecule has 0 heterocycles. The zero-order chi connectivity index (χ0) is 18.1. The van der Waals surface area contributed by atoms with Crippen LogP contribution >= 0.6 is 0 Å². The summed E-state index contributed by atoms with van der Waals surface area (Å²) in [6, 6.07) is 0. The maximum atomic E-state index is 13.0. The van der Waals surface area contributed by atoms with Gasteiger partial charge < -0.3 is 10.2 Å². The zero-order valence-electron chi connectivity index (χ0n) is 15.5. The number of Topliss-reactive ketones (excluding diaryl/α,β-unsaturated/α-hetero) is 2. The number of rotatable bonds is 1. The van der Waals surface area contributed by atoms with E-state index < -0.39 is 17.6 Å². The highest BCUT2D eigenvalue weighted by molar-refractivity contribution is 5.94. The molecule has 4 aliphatic rings. The molecule has 4 heteroatoms. The second-order valence-corrected chi connectivity index (χ2v) is 9.39. The molecule has 8 atom stereocenters. The van der Waals surface area contributed by atoms with Crippen LogP contribution in [-0.2, 0) is 9.59 Å². The molecule has 3 saturated carbocycles. The van der Waals surface area contributed by atoms with Gasteiger partial charge in [-0.15, -0.1) is 0 Å². The van der Waals surface area contributed by atoms with E-state index in [1.807, 2.05) is 6.92 Å². The summed E-state index contributed by atoms with van der Waals surface area (Å²) in [5.41, 5.74) is 0.457. The summed E-state index contributed by atoms with van der Waals surface area (Å²) in [7, 11) is 0. The lowest BCUT2D eigenvalue weighted by Crippen LogP contribution is -2.58. The van der Waals surface area contributed by atoms with E-state index in [0.717, 1.165) is 44.1 Å². The number of hydrogen-bond acceptors (Lipinski definition) is 4. The minimum atomic E-state index is -1.30. The second kappa shape index (κ2) is 5.50. The summed E-state index contributed by atoms with van der Waals surface area (Å²) in [6.07, 6.45) is 5.22. The van der Waals surface area contributed by atoms with Crippen LogP contribution in [0.5, 0.6) is 0 Å². The minimum Gasteiger partial charge on any atom is -0.386 e. The minimum absolute atomic E-state index is 0.0699. The first-order valence-electron chi connectivity index (χ1n) is 9.83. The lowest BCUT2D eigenvalue weighted by atomic mass is 9.46. The summed E-state index contributed by atoms with van der Waals surface area (Å²) in [4.78, 5) is 25.2. The molecule has 3 fully saturated rings. The van der Waals surface area contributed by atoms with Gasteiger partial charge in [-0.05, 0) is 75.5 Å². The molecule has 4 rings (SSSR count). The number of carbonyl (C=O) groups excluding carboxylic acids is 2. The van der Waals surface area contributed by atoms with E-state index >= 15 is 0 Å². The number of carbonyl (C=O) groups is 2. The Morgan fingerprint density at radius 1 is 1.12 bits per heavy atom. The van der Waals surface area contributed by atoms with E-state index in [1.54, 1.807) is 13.0 Å². The van der Waals surface area contributed by atoms with Crippen molar-refractivity contribution < 1.29 is 19.8 Å². The standard InChI is InChI=1S/C21H30O4/c1-11(22)14-6-7-15-13-5-4-12-10-17(23)18(24)19(25)21(12,3)16(13)8-9-20(14,15)2/h10,13-18,23-24H,4-9H2,1-3H3/t13-,14+,15-,16-,17?,18?,20+,21-/m0/s1. The fourth-order valence-corrected chi connectivity index (χ4v) is 7.25. The summed E-state index contributed by atoms with van der Waals surface area (Å²) in [5.74, 6) is 1.45. The van der Waals surface area contributed by atoms with Crippen molar-refractivity contribution in [1.82, 2.24) is 0 Å². The Bertz CT molecular complexity index is 652. The number of ketones is 2. The third-order valence-electron chi connectivity index (χ3n) is 8.56. The molecule has 0 amide bonds. The SMILES string of the molecule is CC(=O)[C@H]1CC[C@H]2[C@@H]3CCC4=CC(O)C(O)C(=O)[C@]4(C)[C@H]3CC[C@]12C. The molecule has 2 N–H and O–H groups in total. The van der Waals surface area contributed by atoms with E-state index in [4.69, 9.17) is 0 Å². The average Bonchev–Trinajstić information content (AvgIpc) is 2.92. The Labute approximate surface area is 149 Å². The van der Waals surface area contributed by atoms with Gasteiger partial charge in [-0.3, -0.25) is 9.59 Å². The van der Waals surface area contributed by atoms with E-state index in [2.05, 4.69) is 6.92 Å². The highest BCUT2D eigenvalue weighted by atomic mass is 16.3. The van der Waals surface area contributed by atoms with E-state index in [1.165, 1.54) is 0 Å². The molecule has 138 valence electrons. The van der Waals surface area contributed by atoms with Crippen molar-refractivity contribution >= 4 is 11.6 Å². The van der Waals surface area contributed by atoms with Crippen LogP contribution in [0.4, 0.5) is 0 Å². The van der Waals surface area contributed by atoms with Crippen LogP contribution in [0.15, 0.2) is 11.6 Å². The van der Waals surface area contributed by atoms with Gasteiger partial charge in [0.25, 0.3) is 0 Å². The maximum Gasteiger partial charge on any atom is 0.174 e. The lowest BCUT2D eigenvalue weighted by Gasteiger charge is -2.57. The molecule has 0 saturated heterocycles. The van der Waals surface area contributed by atoms with Crippen molar-refractivity contribution in [3.8, 4) is 0 Å². The highest BCUT2D eigenvalue weighted by Crippen LogP contribution is 2.66. The number of aliphatic hydroxyl groups excluding tert-OH is 2. The highest BCUT2D eigenvalue weighted by Gasteiger charge is 2.62. The molecular weight excluding hydrogens is 316 g/mol. The molecule has 0 aromatic rings. The Morgan fingerprint density at radius 2 is 1.84 bits per heavy atom. The van der Waals surface area contributed by atoms with E-state index in [-0.39, 0.29) is 23.0 Å². The summed E-state index contributed by atoms with van der Waals surface area (Å²) in [5, 5.41) is 20.2. The monoisotopic (exact) mass is 346 g/mol. The van der Waals surface area contributed by atoms with Crippen LogP contribution in [0, 0.1) is 34.5 Å². The third-order valence-corrected chi connectivity index (χ3v) is 8.56. The molecular formula is C21H30O4. The Balaban J connectivity index is 1.71. The van der Waals surface area contributed by atoms with Gasteiger partial charge in [0.1, 0.15) is 18.0 Å². The van der Waals surface area contributed by atoms with Gasteiger partial charge in [-0.1, -0.05) is 18.6 Å². The molecule has 25 heavy (non-hydrogen) atoms. The molecule has 4 aliphatic carbocycles. The van der Waals surface area contributed by atoms with Gasteiger partial charge in [-0.25, -0.2) is 0 Å². The van der Waals surface area contributed by atoms with Crippen LogP contribution in [-0.4, -0.2) is 34.0 Å². The maximum absolute atomic E-state index is 13.0. The van der Waals surface area contributed by atoms with Crippen molar-refractivity contribution in [2.75, 3.05) is 0 Å². The number of aliphatic hydroxyl groups is 2. The van der Waals surface area contributed by atoms with Gasteiger partial charge in [0, 0.05) is 5.92 Å². The molecule has 0 aromatic carbocycles. The van der Waals surface area contributed by atoms with Gasteiger partial charge in [0.05, 0.1) is 5.41 Å². The molecule has 4 nitrogen and oxygen atoms in total. The summed E-state index contributed by atoms with van der Waals surface area (Å²) in [6.45, 7) is 6.02. The van der Waals surface area contributed by atoms with E-state index in [0.29, 0.717) is 17.6 Å². The smallest absolute Gasteiger partial charge is 0.174 e. The Hall–Kier alpha value is -1.00. The van der Waals surface area contributed by atoms with Gasteiger partial charge in [0.15, 0.2) is 5.78 Å². The van der Waals surface area contributed by atoms with Crippen molar-refractivity contribution in [3.63, 3.8) is 0 Å². The zero-order valence-corrected chi connectivity index (χ0v) is 15.5. The van der Waals surface area contributed by atoms with Crippen molar-refractivity contribution in [1.29, 1.82) is 0 Å². The van der Waals surface area contributed by atoms with Crippen LogP contribution in [0.25, 0.3) is 0 Å². The van der Waals surface area contributed by atoms with Crippen LogP contribution in [0.1, 0.15) is 59.3 Å². The first-order chi connectivity index (χ1) is 11.7. The van der Waals surface area contributed by atoms with Crippen LogP contribution < -0.4 is 0 Å². The molecule has 0 aliphatic heterocycles. The average molecular weight is 346 g/mol. The topological polar surface area (TPSA) is 74.6 Å². The number of hydrogen-bond donors (Lipinski definition) is 2. The number of fused-ring (bicyclic) bond motifs is 5. The lowest BCUT2D eigenvalue weighted by molar-refractivity contribution is -0.152. The van der Waals surface area contributed by atoms with Crippen LogP contribution in [0.2, 0.25) is 0 Å². The molecule has 2 unspecified atom stereocenters. The van der Waals surface area contributed by atoms with Crippen molar-refractivity contribution in [2.24, 2.45) is 34.5 Å². The quantitative estimate of drug-likeness (QED) is 0.716. The van der Waals surface area contributed by atoms with Gasteiger partial charge in [-0.2, -0.15) is 0 Å². The third kappa shape index (κ3) is 2.13. The van der Waals surface area contributed by atoms with Gasteiger partial charge in [0.2, 0.25) is 0 Å². The molecule has 0 bridgehead atoms. The first-order valence-corrected chi connectivity index (χ1v) is 9.83. The predicted octanol–water partition coefficient (Wildman–Crippen LogP) is 2.67. The largest absolute Gasteiger partial charge is 0.386 e. The molecule has 0 radical (unpaired) electrons. The van der Waals surface area contributed by atoms with Crippen molar-refractivity contribution in [3.05, 3.63) is 11.6 Å². The fourth-order valence-electron chi connectivity index (χ4n) is 7.25. The second-order valence-electron chi connectivity index (χ2n) is 9.39. The molecule has 0 aromatic heterocycles. The van der Waals surface area contributed by atoms with Crippen LogP contribution in [0.3, 0.4) is 0 Å². The summed E-state index contributed by atoms with van der Waals surface area (Å²) < 4.78 is 0. The van der Waals surface area contributed by atoms with Gasteiger partial charge >= 0.3 is 0 Å². The van der Waals surface area contributed by atoms with E-state index in [9.17, 15) is 19.8 Å². The molecule has 0 spiro atoms. The fraction of sp³-hybridized carbons (Fsp3) is 0.810. The first kappa shape index (κ1) is 17.4. The Kier molecular flexibility index (Phi) is 3.83.